The van der Waals surface area contributed by atoms with Crippen molar-refractivity contribution in [1.82, 2.24) is 0 Å². The third kappa shape index (κ3) is 5.88. The van der Waals surface area contributed by atoms with Gasteiger partial charge in [0.05, 0.1) is 11.5 Å². The van der Waals surface area contributed by atoms with E-state index in [1.54, 1.807) is 0 Å². The molecule has 0 radical (unpaired) electrons. The van der Waals surface area contributed by atoms with E-state index in [0.717, 1.165) is 24.5 Å². The normalized spacial score (nSPS) is 10.6. The van der Waals surface area contributed by atoms with Crippen LogP contribution in [-0.4, -0.2) is 31.2 Å². The third-order valence-corrected chi connectivity index (χ3v) is 2.54. The summed E-state index contributed by atoms with van der Waals surface area (Å²) in [6.45, 7) is 8.78. The lowest BCUT2D eigenvalue weighted by molar-refractivity contribution is -0.384. The summed E-state index contributed by atoms with van der Waals surface area (Å²) < 4.78 is 5.46. The molecular formula is C14H23N3O3. The van der Waals surface area contributed by atoms with Crippen LogP contribution in [-0.2, 0) is 4.74 Å². The summed E-state index contributed by atoms with van der Waals surface area (Å²) in [6, 6.07) is 4.92. The van der Waals surface area contributed by atoms with Crippen LogP contribution in [0.15, 0.2) is 18.2 Å². The molecule has 0 heterocycles. The molecule has 0 aliphatic heterocycles. The van der Waals surface area contributed by atoms with E-state index in [1.807, 2.05) is 13.0 Å². The molecule has 6 nitrogen and oxygen atoms in total. The predicted octanol–water partition coefficient (Wildman–Crippen LogP) is 3.11. The second kappa shape index (κ2) is 8.37. The Morgan fingerprint density at radius 3 is 2.45 bits per heavy atom. The van der Waals surface area contributed by atoms with Gasteiger partial charge in [-0.3, -0.25) is 10.1 Å². The maximum Gasteiger partial charge on any atom is 0.273 e. The lowest BCUT2D eigenvalue weighted by Crippen LogP contribution is -2.12. The third-order valence-electron chi connectivity index (χ3n) is 2.54. The smallest absolute Gasteiger partial charge is 0.273 e. The number of nitrogens with one attached hydrogen (secondary N) is 2. The number of benzene rings is 1. The lowest BCUT2D eigenvalue weighted by Gasteiger charge is -2.11. The van der Waals surface area contributed by atoms with Gasteiger partial charge in [-0.1, -0.05) is 13.8 Å². The number of nitro groups is 1. The fourth-order valence-corrected chi connectivity index (χ4v) is 1.71. The number of rotatable bonds is 9. The van der Waals surface area contributed by atoms with Gasteiger partial charge in [0.1, 0.15) is 0 Å². The molecule has 0 saturated carbocycles. The molecule has 6 heteroatoms. The Balaban J connectivity index is 2.57. The van der Waals surface area contributed by atoms with Gasteiger partial charge in [-0.05, 0) is 18.9 Å². The standard InChI is InChI=1S/C14H23N3O3/c1-4-15-12-7-13(9-14(8-12)17(18)19)16-5-6-20-10-11(2)3/h7-9,11,15-16H,4-6,10H2,1-3H3. The summed E-state index contributed by atoms with van der Waals surface area (Å²) in [7, 11) is 0. The van der Waals surface area contributed by atoms with Crippen molar-refractivity contribution in [2.45, 2.75) is 20.8 Å². The molecule has 112 valence electrons. The highest BCUT2D eigenvalue weighted by Crippen LogP contribution is 2.24. The van der Waals surface area contributed by atoms with Crippen molar-refractivity contribution in [3.8, 4) is 0 Å². The zero-order chi connectivity index (χ0) is 15.0. The van der Waals surface area contributed by atoms with Gasteiger partial charge in [0.25, 0.3) is 5.69 Å². The van der Waals surface area contributed by atoms with E-state index < -0.39 is 0 Å². The Kier molecular flexibility index (Phi) is 6.79. The molecular weight excluding hydrogens is 258 g/mol. The molecule has 1 aromatic carbocycles. The molecule has 0 aliphatic rings. The van der Waals surface area contributed by atoms with Crippen molar-refractivity contribution >= 4 is 17.1 Å². The van der Waals surface area contributed by atoms with Crippen LogP contribution in [0, 0.1) is 16.0 Å². The molecule has 0 aromatic heterocycles. The van der Waals surface area contributed by atoms with Crippen LogP contribution in [0.3, 0.4) is 0 Å². The van der Waals surface area contributed by atoms with Crippen molar-refractivity contribution in [1.29, 1.82) is 0 Å². The minimum Gasteiger partial charge on any atom is -0.385 e. The first-order valence-corrected chi connectivity index (χ1v) is 6.88. The highest BCUT2D eigenvalue weighted by atomic mass is 16.6. The van der Waals surface area contributed by atoms with Gasteiger partial charge >= 0.3 is 0 Å². The average molecular weight is 281 g/mol. The van der Waals surface area contributed by atoms with Gasteiger partial charge in [-0.2, -0.15) is 0 Å². The summed E-state index contributed by atoms with van der Waals surface area (Å²) >= 11 is 0. The SMILES string of the molecule is CCNc1cc(NCCOCC(C)C)cc([N+](=O)[O-])c1. The predicted molar refractivity (Wildman–Crippen MR) is 81.4 cm³/mol. The molecule has 1 rings (SSSR count). The second-order valence-electron chi connectivity index (χ2n) is 4.95. The maximum atomic E-state index is 10.9. The Labute approximate surface area is 119 Å². The van der Waals surface area contributed by atoms with Crippen LogP contribution in [0.1, 0.15) is 20.8 Å². The lowest BCUT2D eigenvalue weighted by atomic mass is 10.2. The van der Waals surface area contributed by atoms with Gasteiger partial charge in [0.2, 0.25) is 0 Å². The average Bonchev–Trinajstić information content (AvgIpc) is 2.38. The molecule has 0 amide bonds. The quantitative estimate of drug-likeness (QED) is 0.413. The number of ether oxygens (including phenoxy) is 1. The number of hydrogen-bond acceptors (Lipinski definition) is 5. The number of anilines is 2. The molecule has 0 aliphatic carbocycles. The fraction of sp³-hybridized carbons (Fsp3) is 0.571. The largest absolute Gasteiger partial charge is 0.385 e. The van der Waals surface area contributed by atoms with Crippen molar-refractivity contribution < 1.29 is 9.66 Å². The number of non-ortho nitro benzene ring substituents is 1. The van der Waals surface area contributed by atoms with Crippen LogP contribution < -0.4 is 10.6 Å². The molecule has 0 bridgehead atoms. The van der Waals surface area contributed by atoms with E-state index in [-0.39, 0.29) is 10.6 Å². The van der Waals surface area contributed by atoms with Gasteiger partial charge < -0.3 is 15.4 Å². The van der Waals surface area contributed by atoms with E-state index in [0.29, 0.717) is 19.1 Å². The van der Waals surface area contributed by atoms with Crippen LogP contribution in [0.4, 0.5) is 17.1 Å². The number of nitro benzene ring substituents is 1. The van der Waals surface area contributed by atoms with E-state index in [2.05, 4.69) is 24.5 Å². The minimum atomic E-state index is -0.388. The topological polar surface area (TPSA) is 76.4 Å². The van der Waals surface area contributed by atoms with Crippen LogP contribution >= 0.6 is 0 Å². The molecule has 0 fully saturated rings. The van der Waals surface area contributed by atoms with Crippen molar-refractivity contribution in [2.24, 2.45) is 5.92 Å². The van der Waals surface area contributed by atoms with Gasteiger partial charge in [0, 0.05) is 43.2 Å². The summed E-state index contributed by atoms with van der Waals surface area (Å²) in [5, 5.41) is 17.1. The molecule has 0 atom stereocenters. The van der Waals surface area contributed by atoms with Crippen LogP contribution in [0.5, 0.6) is 0 Å². The van der Waals surface area contributed by atoms with Crippen molar-refractivity contribution in [3.05, 3.63) is 28.3 Å². The molecule has 2 N–H and O–H groups in total. The molecule has 20 heavy (non-hydrogen) atoms. The van der Waals surface area contributed by atoms with E-state index in [4.69, 9.17) is 4.74 Å². The van der Waals surface area contributed by atoms with E-state index in [9.17, 15) is 10.1 Å². The maximum absolute atomic E-state index is 10.9. The summed E-state index contributed by atoms with van der Waals surface area (Å²) in [6.07, 6.45) is 0. The zero-order valence-electron chi connectivity index (χ0n) is 12.3. The van der Waals surface area contributed by atoms with Crippen LogP contribution in [0.2, 0.25) is 0 Å². The van der Waals surface area contributed by atoms with E-state index in [1.165, 1.54) is 12.1 Å². The summed E-state index contributed by atoms with van der Waals surface area (Å²) in [5.74, 6) is 0.508. The monoisotopic (exact) mass is 281 g/mol. The highest BCUT2D eigenvalue weighted by Gasteiger charge is 2.09. The Bertz CT molecular complexity index is 436. The van der Waals surface area contributed by atoms with Gasteiger partial charge in [-0.25, -0.2) is 0 Å². The first kappa shape index (κ1) is 16.2. The number of nitrogens with zero attached hydrogens (tertiary/aromatic N) is 1. The summed E-state index contributed by atoms with van der Waals surface area (Å²) in [5.41, 5.74) is 1.55. The Morgan fingerprint density at radius 2 is 1.90 bits per heavy atom. The van der Waals surface area contributed by atoms with Crippen LogP contribution in [0.25, 0.3) is 0 Å². The first-order valence-electron chi connectivity index (χ1n) is 6.88. The Morgan fingerprint density at radius 1 is 1.25 bits per heavy atom. The molecule has 0 spiro atoms. The van der Waals surface area contributed by atoms with Gasteiger partial charge in [0.15, 0.2) is 0 Å². The Hall–Kier alpha value is -1.82. The molecule has 0 saturated heterocycles. The minimum absolute atomic E-state index is 0.0778. The highest BCUT2D eigenvalue weighted by molar-refractivity contribution is 5.63. The summed E-state index contributed by atoms with van der Waals surface area (Å²) in [4.78, 5) is 10.5. The number of hydrogen-bond donors (Lipinski definition) is 2. The zero-order valence-corrected chi connectivity index (χ0v) is 12.3. The van der Waals surface area contributed by atoms with E-state index >= 15 is 0 Å². The first-order chi connectivity index (χ1) is 9.52. The van der Waals surface area contributed by atoms with Crippen molar-refractivity contribution in [2.75, 3.05) is 36.9 Å². The molecule has 1 aromatic rings. The second-order valence-corrected chi connectivity index (χ2v) is 4.95. The fourth-order valence-electron chi connectivity index (χ4n) is 1.71. The van der Waals surface area contributed by atoms with Crippen molar-refractivity contribution in [3.63, 3.8) is 0 Å². The van der Waals surface area contributed by atoms with Gasteiger partial charge in [-0.15, -0.1) is 0 Å². The molecule has 0 unspecified atom stereocenters.